The zero-order valence-electron chi connectivity index (χ0n) is 17.0. The van der Waals surface area contributed by atoms with Gasteiger partial charge in [-0.3, -0.25) is 24.5 Å². The van der Waals surface area contributed by atoms with Crippen LogP contribution >= 0.6 is 0 Å². The molecule has 0 spiro atoms. The number of likely N-dealkylation sites (tertiary alicyclic amines) is 1. The Labute approximate surface area is 173 Å². The number of rotatable bonds is 5. The minimum atomic E-state index is -0.501. The zero-order valence-corrected chi connectivity index (χ0v) is 17.0. The molecule has 2 heterocycles. The number of aromatic nitrogens is 1. The largest absolute Gasteiger partial charge is 0.352 e. The number of aryl methyl sites for hydroxylation is 1. The second kappa shape index (κ2) is 8.89. The van der Waals surface area contributed by atoms with Gasteiger partial charge < -0.3 is 14.8 Å². The molecular weight excluding hydrogens is 388 g/mol. The predicted octanol–water partition coefficient (Wildman–Crippen LogP) is 1.88. The highest BCUT2D eigenvalue weighted by Gasteiger charge is 2.26. The topological polar surface area (TPSA) is 115 Å². The smallest absolute Gasteiger partial charge is 0.273 e. The number of amides is 2. The molecule has 30 heavy (non-hydrogen) atoms. The highest BCUT2D eigenvalue weighted by atomic mass is 16.6. The van der Waals surface area contributed by atoms with E-state index >= 15 is 0 Å². The van der Waals surface area contributed by atoms with E-state index in [1.165, 1.54) is 16.7 Å². The van der Waals surface area contributed by atoms with Crippen LogP contribution in [0.1, 0.15) is 39.1 Å². The van der Waals surface area contributed by atoms with Gasteiger partial charge in [-0.15, -0.1) is 0 Å². The van der Waals surface area contributed by atoms with Gasteiger partial charge >= 0.3 is 0 Å². The second-order valence-corrected chi connectivity index (χ2v) is 7.49. The summed E-state index contributed by atoms with van der Waals surface area (Å²) in [6.45, 7) is 3.00. The molecule has 1 aromatic heterocycles. The third kappa shape index (κ3) is 4.40. The highest BCUT2D eigenvalue weighted by Crippen LogP contribution is 2.22. The van der Waals surface area contributed by atoms with Gasteiger partial charge in [-0.1, -0.05) is 6.07 Å². The fourth-order valence-electron chi connectivity index (χ4n) is 3.67. The number of nitrogens with one attached hydrogen (secondary N) is 1. The molecule has 158 valence electrons. The molecule has 3 rings (SSSR count). The fraction of sp³-hybridized carbons (Fsp3) is 0.381. The summed E-state index contributed by atoms with van der Waals surface area (Å²) in [7, 11) is 1.61. The third-order valence-corrected chi connectivity index (χ3v) is 5.55. The Balaban J connectivity index is 1.55. The lowest BCUT2D eigenvalue weighted by Gasteiger charge is -2.32. The number of pyridine rings is 1. The molecule has 1 aliphatic heterocycles. The highest BCUT2D eigenvalue weighted by molar-refractivity contribution is 5.96. The summed E-state index contributed by atoms with van der Waals surface area (Å²) in [4.78, 5) is 49.5. The maximum absolute atomic E-state index is 12.6. The van der Waals surface area contributed by atoms with Crippen molar-refractivity contribution >= 4 is 17.5 Å². The summed E-state index contributed by atoms with van der Waals surface area (Å²) in [5, 5.41) is 13.9. The first-order chi connectivity index (χ1) is 14.3. The molecule has 1 aliphatic rings. The van der Waals surface area contributed by atoms with Gasteiger partial charge in [0.05, 0.1) is 4.92 Å². The van der Waals surface area contributed by atoms with Crippen molar-refractivity contribution in [3.63, 3.8) is 0 Å². The second-order valence-electron chi connectivity index (χ2n) is 7.49. The number of benzene rings is 1. The minimum Gasteiger partial charge on any atom is -0.352 e. The van der Waals surface area contributed by atoms with Gasteiger partial charge in [0, 0.05) is 50.1 Å². The lowest BCUT2D eigenvalue weighted by atomic mass is 9.96. The first kappa shape index (κ1) is 21.2. The van der Waals surface area contributed by atoms with Crippen molar-refractivity contribution in [3.05, 3.63) is 73.7 Å². The van der Waals surface area contributed by atoms with Crippen molar-refractivity contribution in [2.75, 3.05) is 19.6 Å². The van der Waals surface area contributed by atoms with E-state index in [0.717, 1.165) is 0 Å². The first-order valence-electron chi connectivity index (χ1n) is 9.76. The van der Waals surface area contributed by atoms with E-state index in [1.54, 1.807) is 43.3 Å². The quantitative estimate of drug-likeness (QED) is 0.595. The summed E-state index contributed by atoms with van der Waals surface area (Å²) in [6.07, 6.45) is 3.01. The Morgan fingerprint density at radius 3 is 2.50 bits per heavy atom. The van der Waals surface area contributed by atoms with E-state index in [1.807, 2.05) is 0 Å². The number of nitro groups is 1. The van der Waals surface area contributed by atoms with Crippen molar-refractivity contribution in [1.82, 2.24) is 14.8 Å². The molecule has 1 saturated heterocycles. The van der Waals surface area contributed by atoms with Crippen LogP contribution in [0.2, 0.25) is 0 Å². The zero-order chi connectivity index (χ0) is 21.8. The lowest BCUT2D eigenvalue weighted by molar-refractivity contribution is -0.385. The fourth-order valence-corrected chi connectivity index (χ4v) is 3.67. The Morgan fingerprint density at radius 1 is 1.17 bits per heavy atom. The van der Waals surface area contributed by atoms with Gasteiger partial charge in [0.1, 0.15) is 5.56 Å². The van der Waals surface area contributed by atoms with E-state index in [-0.39, 0.29) is 40.1 Å². The molecule has 0 aliphatic carbocycles. The molecule has 0 bridgehead atoms. The number of piperidine rings is 1. The molecule has 2 amide bonds. The van der Waals surface area contributed by atoms with Crippen LogP contribution in [0, 0.1) is 23.0 Å². The van der Waals surface area contributed by atoms with Crippen LogP contribution in [0.3, 0.4) is 0 Å². The van der Waals surface area contributed by atoms with E-state index in [9.17, 15) is 24.5 Å². The van der Waals surface area contributed by atoms with Gasteiger partial charge in [0.2, 0.25) is 0 Å². The van der Waals surface area contributed by atoms with Gasteiger partial charge in [0.25, 0.3) is 23.1 Å². The van der Waals surface area contributed by atoms with Crippen LogP contribution in [0.25, 0.3) is 0 Å². The molecule has 1 fully saturated rings. The predicted molar refractivity (Wildman–Crippen MR) is 110 cm³/mol. The molecule has 0 atom stereocenters. The van der Waals surface area contributed by atoms with Crippen molar-refractivity contribution in [2.24, 2.45) is 13.0 Å². The first-order valence-corrected chi connectivity index (χ1v) is 9.76. The van der Waals surface area contributed by atoms with Gasteiger partial charge in [-0.05, 0) is 43.9 Å². The van der Waals surface area contributed by atoms with Crippen molar-refractivity contribution in [3.8, 4) is 0 Å². The van der Waals surface area contributed by atoms with Crippen molar-refractivity contribution in [1.29, 1.82) is 0 Å². The third-order valence-electron chi connectivity index (χ3n) is 5.55. The van der Waals surface area contributed by atoms with E-state index < -0.39 is 4.92 Å². The standard InChI is InChI=1S/C21H24N4O5/c1-14-16(5-3-7-18(14)25(29)30)19(26)22-13-15-8-11-24(12-9-15)21(28)17-6-4-10-23(2)20(17)27/h3-7,10,15H,8-9,11-13H2,1-2H3,(H,22,26). The summed E-state index contributed by atoms with van der Waals surface area (Å²) >= 11 is 0. The van der Waals surface area contributed by atoms with E-state index in [2.05, 4.69) is 5.32 Å². The summed E-state index contributed by atoms with van der Waals surface area (Å²) in [5.41, 5.74) is 0.389. The average Bonchev–Trinajstić information content (AvgIpc) is 2.74. The number of hydrogen-bond donors (Lipinski definition) is 1. The van der Waals surface area contributed by atoms with Gasteiger partial charge in [0.15, 0.2) is 0 Å². The number of carbonyl (C=O) groups excluding carboxylic acids is 2. The molecule has 0 saturated carbocycles. The summed E-state index contributed by atoms with van der Waals surface area (Å²) in [5.74, 6) is -0.427. The Kier molecular flexibility index (Phi) is 6.29. The van der Waals surface area contributed by atoms with Gasteiger partial charge in [-0.25, -0.2) is 0 Å². The van der Waals surface area contributed by atoms with Crippen LogP contribution in [-0.2, 0) is 7.05 Å². The molecule has 9 nitrogen and oxygen atoms in total. The van der Waals surface area contributed by atoms with Crippen LogP contribution in [0.5, 0.6) is 0 Å². The normalized spacial score (nSPS) is 14.4. The molecular formula is C21H24N4O5. The molecule has 0 unspecified atom stereocenters. The molecule has 2 aromatic rings. The van der Waals surface area contributed by atoms with Crippen LogP contribution < -0.4 is 10.9 Å². The summed E-state index contributed by atoms with van der Waals surface area (Å²) in [6, 6.07) is 7.65. The lowest BCUT2D eigenvalue weighted by Crippen LogP contribution is -2.43. The summed E-state index contributed by atoms with van der Waals surface area (Å²) < 4.78 is 1.38. The van der Waals surface area contributed by atoms with Crippen molar-refractivity contribution < 1.29 is 14.5 Å². The SMILES string of the molecule is Cc1c(C(=O)NCC2CCN(C(=O)c3cccn(C)c3=O)CC2)cccc1[N+](=O)[O-]. The molecule has 0 radical (unpaired) electrons. The number of nitrogens with zero attached hydrogens (tertiary/aromatic N) is 3. The number of carbonyl (C=O) groups is 2. The minimum absolute atomic E-state index is 0.0819. The van der Waals surface area contributed by atoms with E-state index in [4.69, 9.17) is 0 Å². The molecule has 9 heteroatoms. The van der Waals surface area contributed by atoms with Gasteiger partial charge in [-0.2, -0.15) is 0 Å². The maximum Gasteiger partial charge on any atom is 0.273 e. The van der Waals surface area contributed by atoms with Crippen LogP contribution in [-0.4, -0.2) is 45.8 Å². The van der Waals surface area contributed by atoms with Crippen LogP contribution in [0.15, 0.2) is 41.3 Å². The monoisotopic (exact) mass is 412 g/mol. The Bertz CT molecular complexity index is 1040. The van der Waals surface area contributed by atoms with Crippen LogP contribution in [0.4, 0.5) is 5.69 Å². The van der Waals surface area contributed by atoms with Crippen molar-refractivity contribution in [2.45, 2.75) is 19.8 Å². The Morgan fingerprint density at radius 2 is 1.83 bits per heavy atom. The number of hydrogen-bond acceptors (Lipinski definition) is 5. The average molecular weight is 412 g/mol. The maximum atomic E-state index is 12.6. The van der Waals surface area contributed by atoms with E-state index in [0.29, 0.717) is 38.0 Å². The molecule has 1 aromatic carbocycles. The number of nitro benzene ring substituents is 1. The molecule has 1 N–H and O–H groups in total. The Hall–Kier alpha value is -3.49.